The highest BCUT2D eigenvalue weighted by Gasteiger charge is 2.27. The van der Waals surface area contributed by atoms with Crippen LogP contribution in [0.25, 0.3) is 0 Å². The standard InChI is InChI=1S/C26H33F3O/c1-3-5-7-20-12-15-23(26(29)25(20)28)21-11-14-22(30-17-21)13-10-19-9-8-18(6-4-2)16-24(19)27/h8-9,12,15-16,21-22H,3-7,10-11,13-14,17H2,1-2H3. The van der Waals surface area contributed by atoms with Crippen molar-refractivity contribution >= 4 is 0 Å². The average molecular weight is 419 g/mol. The van der Waals surface area contributed by atoms with Gasteiger partial charge in [-0.25, -0.2) is 13.2 Å². The molecule has 1 aliphatic heterocycles. The Hall–Kier alpha value is -1.81. The second kappa shape index (κ2) is 11.0. The first kappa shape index (κ1) is 22.9. The van der Waals surface area contributed by atoms with Crippen LogP contribution in [-0.4, -0.2) is 12.7 Å². The fourth-order valence-electron chi connectivity index (χ4n) is 4.31. The lowest BCUT2D eigenvalue weighted by atomic mass is 9.88. The summed E-state index contributed by atoms with van der Waals surface area (Å²) in [5.41, 5.74) is 2.63. The zero-order valence-corrected chi connectivity index (χ0v) is 18.2. The molecular weight excluding hydrogens is 385 g/mol. The maximum Gasteiger partial charge on any atom is 0.162 e. The van der Waals surface area contributed by atoms with Crippen molar-refractivity contribution < 1.29 is 17.9 Å². The van der Waals surface area contributed by atoms with Gasteiger partial charge in [-0.15, -0.1) is 0 Å². The van der Waals surface area contributed by atoms with Gasteiger partial charge in [0.25, 0.3) is 0 Å². The Morgan fingerprint density at radius 3 is 2.33 bits per heavy atom. The second-order valence-corrected chi connectivity index (χ2v) is 8.49. The lowest BCUT2D eigenvalue weighted by molar-refractivity contribution is -0.00137. The van der Waals surface area contributed by atoms with Crippen molar-refractivity contribution in [2.24, 2.45) is 0 Å². The Labute approximate surface area is 178 Å². The molecule has 2 aromatic carbocycles. The average Bonchev–Trinajstić information content (AvgIpc) is 2.75. The topological polar surface area (TPSA) is 9.23 Å². The van der Waals surface area contributed by atoms with E-state index in [2.05, 4.69) is 6.92 Å². The zero-order chi connectivity index (χ0) is 21.5. The summed E-state index contributed by atoms with van der Waals surface area (Å²) in [5.74, 6) is -1.69. The predicted molar refractivity (Wildman–Crippen MR) is 115 cm³/mol. The van der Waals surface area contributed by atoms with E-state index in [1.807, 2.05) is 19.1 Å². The SMILES string of the molecule is CCCCc1ccc(C2CCC(CCc3ccc(CCC)cc3F)OC2)c(F)c1F. The maximum atomic E-state index is 14.6. The van der Waals surface area contributed by atoms with Crippen molar-refractivity contribution in [3.8, 4) is 0 Å². The van der Waals surface area contributed by atoms with Gasteiger partial charge in [0.05, 0.1) is 12.7 Å². The molecule has 0 N–H and O–H groups in total. The van der Waals surface area contributed by atoms with Crippen molar-refractivity contribution in [2.45, 2.75) is 83.7 Å². The van der Waals surface area contributed by atoms with Gasteiger partial charge < -0.3 is 4.74 Å². The van der Waals surface area contributed by atoms with Crippen LogP contribution in [0.2, 0.25) is 0 Å². The third kappa shape index (κ3) is 5.66. The van der Waals surface area contributed by atoms with E-state index in [0.29, 0.717) is 30.6 Å². The van der Waals surface area contributed by atoms with Crippen molar-refractivity contribution in [2.75, 3.05) is 6.61 Å². The molecule has 0 saturated carbocycles. The minimum absolute atomic E-state index is 0.0349. The molecule has 2 aromatic rings. The van der Waals surface area contributed by atoms with Crippen LogP contribution in [0, 0.1) is 17.5 Å². The molecule has 1 saturated heterocycles. The highest BCUT2D eigenvalue weighted by molar-refractivity contribution is 5.30. The zero-order valence-electron chi connectivity index (χ0n) is 18.2. The first-order chi connectivity index (χ1) is 14.5. The molecule has 0 bridgehead atoms. The number of benzene rings is 2. The van der Waals surface area contributed by atoms with Crippen LogP contribution < -0.4 is 0 Å². The molecule has 3 rings (SSSR count). The summed E-state index contributed by atoms with van der Waals surface area (Å²) in [6, 6.07) is 8.97. The molecule has 0 amide bonds. The summed E-state index contributed by atoms with van der Waals surface area (Å²) in [6.07, 6.45) is 7.20. The van der Waals surface area contributed by atoms with Gasteiger partial charge in [-0.3, -0.25) is 0 Å². The van der Waals surface area contributed by atoms with E-state index in [1.54, 1.807) is 18.2 Å². The Bertz CT molecular complexity index is 825. The van der Waals surface area contributed by atoms with E-state index in [1.165, 1.54) is 0 Å². The Morgan fingerprint density at radius 1 is 0.867 bits per heavy atom. The molecule has 2 unspecified atom stereocenters. The molecule has 1 fully saturated rings. The molecule has 1 heterocycles. The molecule has 1 nitrogen and oxygen atoms in total. The van der Waals surface area contributed by atoms with E-state index in [4.69, 9.17) is 4.74 Å². The second-order valence-electron chi connectivity index (χ2n) is 8.49. The van der Waals surface area contributed by atoms with E-state index < -0.39 is 11.6 Å². The van der Waals surface area contributed by atoms with Crippen molar-refractivity contribution in [1.82, 2.24) is 0 Å². The summed E-state index contributed by atoms with van der Waals surface area (Å²) in [7, 11) is 0. The summed E-state index contributed by atoms with van der Waals surface area (Å²) in [5, 5.41) is 0. The third-order valence-corrected chi connectivity index (χ3v) is 6.19. The number of rotatable bonds is 9. The lowest BCUT2D eigenvalue weighted by Crippen LogP contribution is -2.26. The molecule has 0 aromatic heterocycles. The predicted octanol–water partition coefficient (Wildman–Crippen LogP) is 7.29. The van der Waals surface area contributed by atoms with Gasteiger partial charge in [0.15, 0.2) is 11.6 Å². The number of halogens is 3. The van der Waals surface area contributed by atoms with E-state index in [0.717, 1.165) is 56.1 Å². The number of ether oxygens (including phenoxy) is 1. The summed E-state index contributed by atoms with van der Waals surface area (Å²) in [6.45, 7) is 4.50. The smallest absolute Gasteiger partial charge is 0.162 e. The van der Waals surface area contributed by atoms with Crippen LogP contribution in [0.15, 0.2) is 30.3 Å². The molecule has 0 spiro atoms. The highest BCUT2D eigenvalue weighted by atomic mass is 19.2. The molecule has 4 heteroatoms. The van der Waals surface area contributed by atoms with E-state index in [-0.39, 0.29) is 17.8 Å². The van der Waals surface area contributed by atoms with Gasteiger partial charge in [0, 0.05) is 5.92 Å². The van der Waals surface area contributed by atoms with E-state index >= 15 is 0 Å². The van der Waals surface area contributed by atoms with Gasteiger partial charge in [0.1, 0.15) is 5.82 Å². The molecule has 0 aliphatic carbocycles. The maximum absolute atomic E-state index is 14.6. The summed E-state index contributed by atoms with van der Waals surface area (Å²) < 4.78 is 49.2. The molecule has 1 aliphatic rings. The Morgan fingerprint density at radius 2 is 1.67 bits per heavy atom. The van der Waals surface area contributed by atoms with Crippen LogP contribution in [0.1, 0.15) is 80.5 Å². The van der Waals surface area contributed by atoms with Gasteiger partial charge in [-0.1, -0.05) is 51.0 Å². The van der Waals surface area contributed by atoms with Crippen molar-refractivity contribution in [1.29, 1.82) is 0 Å². The fraction of sp³-hybridized carbons (Fsp3) is 0.538. The molecule has 0 radical (unpaired) electrons. The Balaban J connectivity index is 1.53. The molecule has 2 atom stereocenters. The first-order valence-electron chi connectivity index (χ1n) is 11.4. The van der Waals surface area contributed by atoms with Gasteiger partial charge in [0.2, 0.25) is 0 Å². The monoisotopic (exact) mass is 418 g/mol. The highest BCUT2D eigenvalue weighted by Crippen LogP contribution is 2.33. The number of aryl methyl sites for hydroxylation is 3. The van der Waals surface area contributed by atoms with Crippen LogP contribution in [0.4, 0.5) is 13.2 Å². The lowest BCUT2D eigenvalue weighted by Gasteiger charge is -2.30. The number of unbranched alkanes of at least 4 members (excludes halogenated alkanes) is 1. The van der Waals surface area contributed by atoms with Crippen LogP contribution in [0.3, 0.4) is 0 Å². The third-order valence-electron chi connectivity index (χ3n) is 6.19. The van der Waals surface area contributed by atoms with Crippen LogP contribution >= 0.6 is 0 Å². The Kier molecular flexibility index (Phi) is 8.38. The summed E-state index contributed by atoms with van der Waals surface area (Å²) in [4.78, 5) is 0. The van der Waals surface area contributed by atoms with Gasteiger partial charge in [-0.05, 0) is 73.3 Å². The van der Waals surface area contributed by atoms with E-state index in [9.17, 15) is 13.2 Å². The minimum Gasteiger partial charge on any atom is -0.378 e. The first-order valence-corrected chi connectivity index (χ1v) is 11.4. The fourth-order valence-corrected chi connectivity index (χ4v) is 4.31. The van der Waals surface area contributed by atoms with Crippen molar-refractivity contribution in [3.63, 3.8) is 0 Å². The number of hydrogen-bond acceptors (Lipinski definition) is 1. The largest absolute Gasteiger partial charge is 0.378 e. The molecular formula is C26H33F3O. The number of hydrogen-bond donors (Lipinski definition) is 0. The quantitative estimate of drug-likeness (QED) is 0.415. The molecule has 30 heavy (non-hydrogen) atoms. The summed E-state index contributed by atoms with van der Waals surface area (Å²) >= 11 is 0. The normalized spacial score (nSPS) is 19.2. The van der Waals surface area contributed by atoms with Gasteiger partial charge >= 0.3 is 0 Å². The molecule has 164 valence electrons. The van der Waals surface area contributed by atoms with Crippen molar-refractivity contribution in [3.05, 3.63) is 70.0 Å². The van der Waals surface area contributed by atoms with Crippen LogP contribution in [-0.2, 0) is 24.0 Å². The van der Waals surface area contributed by atoms with Crippen LogP contribution in [0.5, 0.6) is 0 Å². The van der Waals surface area contributed by atoms with Gasteiger partial charge in [-0.2, -0.15) is 0 Å². The minimum atomic E-state index is -0.718.